The highest BCUT2D eigenvalue weighted by molar-refractivity contribution is 7.11. The van der Waals surface area contributed by atoms with Gasteiger partial charge in [0.2, 0.25) is 0 Å². The van der Waals surface area contributed by atoms with Crippen LogP contribution in [0.2, 0.25) is 0 Å². The number of hydrogen-bond donors (Lipinski definition) is 2. The van der Waals surface area contributed by atoms with Crippen LogP contribution < -0.4 is 11.1 Å². The smallest absolute Gasteiger partial charge is 0.189 e. The molecule has 0 aliphatic carbocycles. The van der Waals surface area contributed by atoms with Crippen molar-refractivity contribution in [3.63, 3.8) is 0 Å². The van der Waals surface area contributed by atoms with Gasteiger partial charge in [0.05, 0.1) is 12.6 Å². The maximum absolute atomic E-state index is 5.83. The summed E-state index contributed by atoms with van der Waals surface area (Å²) in [6.45, 7) is 8.41. The van der Waals surface area contributed by atoms with Gasteiger partial charge in [0.15, 0.2) is 5.96 Å². The summed E-state index contributed by atoms with van der Waals surface area (Å²) in [7, 11) is 0. The summed E-state index contributed by atoms with van der Waals surface area (Å²) >= 11 is 1.59. The van der Waals surface area contributed by atoms with Crippen molar-refractivity contribution in [2.24, 2.45) is 10.7 Å². The van der Waals surface area contributed by atoms with E-state index in [0.29, 0.717) is 12.5 Å². The zero-order valence-corrected chi connectivity index (χ0v) is 13.2. The van der Waals surface area contributed by atoms with Crippen molar-refractivity contribution in [2.45, 2.75) is 51.7 Å². The molecule has 0 bridgehead atoms. The number of aliphatic imine (C=N–C) groups is 1. The molecule has 0 amide bonds. The molecule has 1 aromatic heterocycles. The Balaban J connectivity index is 1.80. The molecule has 0 spiro atoms. The molecule has 1 saturated heterocycles. The van der Waals surface area contributed by atoms with E-state index in [4.69, 9.17) is 10.5 Å². The third-order valence-corrected chi connectivity index (χ3v) is 4.36. The molecular formula is C13H23N5OS. The first-order valence-corrected chi connectivity index (χ1v) is 7.75. The molecular weight excluding hydrogens is 274 g/mol. The Labute approximate surface area is 123 Å². The first-order valence-electron chi connectivity index (χ1n) is 6.93. The minimum Gasteiger partial charge on any atom is -0.376 e. The van der Waals surface area contributed by atoms with E-state index in [1.165, 1.54) is 0 Å². The van der Waals surface area contributed by atoms with Gasteiger partial charge in [-0.1, -0.05) is 32.1 Å². The predicted octanol–water partition coefficient (Wildman–Crippen LogP) is 1.42. The van der Waals surface area contributed by atoms with Gasteiger partial charge in [-0.05, 0) is 12.8 Å². The summed E-state index contributed by atoms with van der Waals surface area (Å²) in [5, 5.41) is 13.3. The molecule has 2 rings (SSSR count). The van der Waals surface area contributed by atoms with Crippen LogP contribution in [0, 0.1) is 0 Å². The average Bonchev–Trinajstić information content (AvgIpc) is 3.04. The van der Waals surface area contributed by atoms with Gasteiger partial charge in [0.1, 0.15) is 10.0 Å². The predicted molar refractivity (Wildman–Crippen MR) is 80.9 cm³/mol. The normalized spacial score (nSPS) is 20.4. The summed E-state index contributed by atoms with van der Waals surface area (Å²) in [5.74, 6) is 0.438. The fourth-order valence-electron chi connectivity index (χ4n) is 1.85. The number of ether oxygens (including phenoxy) is 1. The van der Waals surface area contributed by atoms with Crippen LogP contribution in [0.5, 0.6) is 0 Å². The first kappa shape index (κ1) is 15.2. The van der Waals surface area contributed by atoms with E-state index in [-0.39, 0.29) is 11.5 Å². The van der Waals surface area contributed by atoms with E-state index in [1.54, 1.807) is 11.3 Å². The number of guanidine groups is 1. The summed E-state index contributed by atoms with van der Waals surface area (Å²) < 4.78 is 5.51. The van der Waals surface area contributed by atoms with Crippen molar-refractivity contribution in [1.29, 1.82) is 0 Å². The SMILES string of the molecule is CC(C)(C)c1nnc(CN=C(N)NCC2CCCO2)s1. The lowest BCUT2D eigenvalue weighted by molar-refractivity contribution is 0.114. The third kappa shape index (κ3) is 4.42. The molecule has 2 heterocycles. The molecule has 0 radical (unpaired) electrons. The van der Waals surface area contributed by atoms with Crippen LogP contribution in [0.25, 0.3) is 0 Å². The lowest BCUT2D eigenvalue weighted by Crippen LogP contribution is -2.37. The standard InChI is InChI=1S/C13H23N5OS/c1-13(2,3)11-18-17-10(20-11)8-16-12(14)15-7-9-5-4-6-19-9/h9H,4-8H2,1-3H3,(H3,14,15,16). The second-order valence-corrected chi connectivity index (χ2v) is 7.03. The van der Waals surface area contributed by atoms with E-state index in [2.05, 4.69) is 41.3 Å². The minimum absolute atomic E-state index is 0.0310. The molecule has 1 atom stereocenters. The molecule has 20 heavy (non-hydrogen) atoms. The van der Waals surface area contributed by atoms with Crippen molar-refractivity contribution >= 4 is 17.3 Å². The number of nitrogens with two attached hydrogens (primary N) is 1. The van der Waals surface area contributed by atoms with Gasteiger partial charge in [-0.2, -0.15) is 0 Å². The molecule has 1 aliphatic heterocycles. The maximum Gasteiger partial charge on any atom is 0.189 e. The van der Waals surface area contributed by atoms with Gasteiger partial charge in [0.25, 0.3) is 0 Å². The van der Waals surface area contributed by atoms with E-state index in [0.717, 1.165) is 36.0 Å². The van der Waals surface area contributed by atoms with Crippen molar-refractivity contribution in [2.75, 3.05) is 13.2 Å². The molecule has 7 heteroatoms. The maximum atomic E-state index is 5.83. The first-order chi connectivity index (χ1) is 9.45. The van der Waals surface area contributed by atoms with Gasteiger partial charge < -0.3 is 15.8 Å². The van der Waals surface area contributed by atoms with Crippen molar-refractivity contribution < 1.29 is 4.74 Å². The van der Waals surface area contributed by atoms with Crippen molar-refractivity contribution in [1.82, 2.24) is 15.5 Å². The highest BCUT2D eigenvalue weighted by Gasteiger charge is 2.19. The molecule has 1 fully saturated rings. The zero-order chi connectivity index (χ0) is 14.6. The van der Waals surface area contributed by atoms with Crippen molar-refractivity contribution in [3.05, 3.63) is 10.0 Å². The van der Waals surface area contributed by atoms with Crippen LogP contribution in [0.15, 0.2) is 4.99 Å². The van der Waals surface area contributed by atoms with Gasteiger partial charge in [-0.3, -0.25) is 0 Å². The highest BCUT2D eigenvalue weighted by atomic mass is 32.1. The number of nitrogens with zero attached hydrogens (tertiary/aromatic N) is 3. The third-order valence-electron chi connectivity index (χ3n) is 3.03. The Hall–Kier alpha value is -1.21. The van der Waals surface area contributed by atoms with E-state index < -0.39 is 0 Å². The topological polar surface area (TPSA) is 85.4 Å². The van der Waals surface area contributed by atoms with E-state index in [9.17, 15) is 0 Å². The number of nitrogens with one attached hydrogen (secondary N) is 1. The Morgan fingerprint density at radius 1 is 1.50 bits per heavy atom. The second kappa shape index (κ2) is 6.49. The summed E-state index contributed by atoms with van der Waals surface area (Å²) in [6, 6.07) is 0. The molecule has 6 nitrogen and oxygen atoms in total. The van der Waals surface area contributed by atoms with Crippen LogP contribution in [0.3, 0.4) is 0 Å². The Bertz CT molecular complexity index is 460. The molecule has 112 valence electrons. The van der Waals surface area contributed by atoms with Crippen LogP contribution in [0.1, 0.15) is 43.6 Å². The summed E-state index contributed by atoms with van der Waals surface area (Å²) in [4.78, 5) is 4.29. The van der Waals surface area contributed by atoms with Gasteiger partial charge >= 0.3 is 0 Å². The zero-order valence-electron chi connectivity index (χ0n) is 12.3. The average molecular weight is 297 g/mol. The number of aromatic nitrogens is 2. The molecule has 1 aliphatic rings. The second-order valence-electron chi connectivity index (χ2n) is 5.97. The van der Waals surface area contributed by atoms with E-state index >= 15 is 0 Å². The monoisotopic (exact) mass is 297 g/mol. The van der Waals surface area contributed by atoms with E-state index in [1.807, 2.05) is 0 Å². The fraction of sp³-hybridized carbons (Fsp3) is 0.769. The summed E-state index contributed by atoms with van der Waals surface area (Å²) in [6.07, 6.45) is 2.48. The van der Waals surface area contributed by atoms with Crippen LogP contribution >= 0.6 is 11.3 Å². The quantitative estimate of drug-likeness (QED) is 0.648. The highest BCUT2D eigenvalue weighted by Crippen LogP contribution is 2.25. The van der Waals surface area contributed by atoms with Crippen molar-refractivity contribution in [3.8, 4) is 0 Å². The van der Waals surface area contributed by atoms with Crippen LogP contribution in [-0.2, 0) is 16.7 Å². The van der Waals surface area contributed by atoms with Crippen LogP contribution in [-0.4, -0.2) is 35.4 Å². The molecule has 1 unspecified atom stereocenters. The van der Waals surface area contributed by atoms with Gasteiger partial charge in [0, 0.05) is 18.6 Å². The number of rotatable bonds is 4. The Morgan fingerprint density at radius 2 is 2.30 bits per heavy atom. The molecule has 0 aromatic carbocycles. The lowest BCUT2D eigenvalue weighted by Gasteiger charge is -2.12. The number of hydrogen-bond acceptors (Lipinski definition) is 5. The minimum atomic E-state index is 0.0310. The summed E-state index contributed by atoms with van der Waals surface area (Å²) in [5.41, 5.74) is 5.86. The van der Waals surface area contributed by atoms with Gasteiger partial charge in [-0.15, -0.1) is 10.2 Å². The molecule has 3 N–H and O–H groups in total. The molecule has 0 saturated carbocycles. The largest absolute Gasteiger partial charge is 0.376 e. The fourth-order valence-corrected chi connectivity index (χ4v) is 2.67. The van der Waals surface area contributed by atoms with Gasteiger partial charge in [-0.25, -0.2) is 4.99 Å². The van der Waals surface area contributed by atoms with Crippen LogP contribution in [0.4, 0.5) is 0 Å². The Kier molecular flexibility index (Phi) is 4.93. The Morgan fingerprint density at radius 3 is 2.90 bits per heavy atom. The molecule has 1 aromatic rings. The lowest BCUT2D eigenvalue weighted by atomic mass is 9.98.